The molecular formula is C16H23BN2O5S2. The topological polar surface area (TPSA) is 113 Å². The molecule has 2 saturated carbocycles. The molecule has 0 amide bonds. The summed E-state index contributed by atoms with van der Waals surface area (Å²) in [6.45, 7) is 3.76. The lowest BCUT2D eigenvalue weighted by Crippen LogP contribution is -2.41. The smallest absolute Gasteiger partial charge is 0.276 e. The summed E-state index contributed by atoms with van der Waals surface area (Å²) in [4.78, 5) is 2.42. The van der Waals surface area contributed by atoms with E-state index in [1.807, 2.05) is 21.7 Å². The van der Waals surface area contributed by atoms with E-state index in [0.717, 1.165) is 6.42 Å². The van der Waals surface area contributed by atoms with E-state index in [9.17, 15) is 21.4 Å². The molecule has 10 heteroatoms. The first-order chi connectivity index (χ1) is 11.9. The summed E-state index contributed by atoms with van der Waals surface area (Å²) >= 11 is 0. The molecule has 2 bridgehead atoms. The number of nitrogens with one attached hydrogen (secondary N) is 1. The van der Waals surface area contributed by atoms with E-state index in [-0.39, 0.29) is 22.4 Å². The van der Waals surface area contributed by atoms with Gasteiger partial charge in [-0.15, -0.1) is 0 Å². The van der Waals surface area contributed by atoms with Crippen LogP contribution in [0.5, 0.6) is 0 Å². The van der Waals surface area contributed by atoms with Crippen LogP contribution in [0.4, 0.5) is 0 Å². The lowest BCUT2D eigenvalue weighted by molar-refractivity contribution is 0.193. The Labute approximate surface area is 155 Å². The monoisotopic (exact) mass is 398 g/mol. The Balaban J connectivity index is 1.95. The van der Waals surface area contributed by atoms with Crippen LogP contribution in [0, 0.1) is 16.7 Å². The molecule has 0 saturated heterocycles. The number of rotatable bonds is 5. The minimum atomic E-state index is -4.16. The van der Waals surface area contributed by atoms with Gasteiger partial charge in [-0.2, -0.15) is 21.9 Å². The fourth-order valence-electron chi connectivity index (χ4n) is 5.01. The van der Waals surface area contributed by atoms with Crippen LogP contribution >= 0.6 is 0 Å². The zero-order chi connectivity index (χ0) is 19.4. The Morgan fingerprint density at radius 2 is 1.85 bits per heavy atom. The highest BCUT2D eigenvalue weighted by Crippen LogP contribution is 2.67. The highest BCUT2D eigenvalue weighted by molar-refractivity contribution is 7.89. The Kier molecular flexibility index (Phi) is 4.52. The summed E-state index contributed by atoms with van der Waals surface area (Å²) in [5, 5.41) is 4.23. The molecular weight excluding hydrogens is 375 g/mol. The van der Waals surface area contributed by atoms with E-state index in [1.54, 1.807) is 18.2 Å². The zero-order valence-corrected chi connectivity index (χ0v) is 16.6. The van der Waals surface area contributed by atoms with Crippen molar-refractivity contribution in [3.05, 3.63) is 30.3 Å². The van der Waals surface area contributed by atoms with Crippen LogP contribution in [0.25, 0.3) is 0 Å². The average molecular weight is 398 g/mol. The van der Waals surface area contributed by atoms with Crippen LogP contribution in [-0.2, 0) is 20.1 Å². The van der Waals surface area contributed by atoms with Crippen LogP contribution in [0.15, 0.2) is 40.3 Å². The molecule has 0 heterocycles. The summed E-state index contributed by atoms with van der Waals surface area (Å²) in [7, 11) is -6.01. The fourth-order valence-corrected chi connectivity index (χ4v) is 7.13. The minimum absolute atomic E-state index is 0.0226. The highest BCUT2D eigenvalue weighted by Gasteiger charge is 2.66. The number of sulfonamides is 1. The Hall–Kier alpha value is -1.39. The van der Waals surface area contributed by atoms with Crippen LogP contribution < -0.4 is 4.83 Å². The molecule has 4 atom stereocenters. The number of nitrogens with zero attached hydrogens (tertiary/aromatic N) is 1. The SMILES string of the molecule is B[C@@H]1/C(=N/NS(=O)(=O)c2ccccc2)C2(C)CCC1C2(C)CS(=O)(=O)O. The zero-order valence-electron chi connectivity index (χ0n) is 15.0. The second kappa shape index (κ2) is 6.07. The molecule has 3 unspecified atom stereocenters. The average Bonchev–Trinajstić information content (AvgIpc) is 2.85. The number of fused-ring (bicyclic) bond motifs is 2. The van der Waals surface area contributed by atoms with Crippen molar-refractivity contribution >= 4 is 33.7 Å². The van der Waals surface area contributed by atoms with E-state index >= 15 is 0 Å². The van der Waals surface area contributed by atoms with Gasteiger partial charge in [0.15, 0.2) is 0 Å². The van der Waals surface area contributed by atoms with Gasteiger partial charge in [0, 0.05) is 11.1 Å². The molecule has 2 aliphatic carbocycles. The van der Waals surface area contributed by atoms with Crippen molar-refractivity contribution in [2.75, 3.05) is 5.75 Å². The predicted molar refractivity (Wildman–Crippen MR) is 102 cm³/mol. The quantitative estimate of drug-likeness (QED) is 0.438. The fraction of sp³-hybridized carbons (Fsp3) is 0.562. The molecule has 142 valence electrons. The first-order valence-electron chi connectivity index (χ1n) is 8.51. The molecule has 0 radical (unpaired) electrons. The Bertz CT molecular complexity index is 948. The molecule has 1 aromatic carbocycles. The lowest BCUT2D eigenvalue weighted by Gasteiger charge is -2.37. The first kappa shape index (κ1) is 19.4. The van der Waals surface area contributed by atoms with Gasteiger partial charge in [0.05, 0.1) is 10.6 Å². The van der Waals surface area contributed by atoms with Gasteiger partial charge >= 0.3 is 0 Å². The van der Waals surface area contributed by atoms with E-state index in [4.69, 9.17) is 0 Å². The lowest BCUT2D eigenvalue weighted by atomic mass is 9.69. The van der Waals surface area contributed by atoms with Gasteiger partial charge in [-0.3, -0.25) is 4.55 Å². The number of hydrazone groups is 1. The van der Waals surface area contributed by atoms with Gasteiger partial charge in [0.2, 0.25) is 0 Å². The van der Waals surface area contributed by atoms with Crippen molar-refractivity contribution in [3.63, 3.8) is 0 Å². The second-order valence-electron chi connectivity index (χ2n) is 7.81. The van der Waals surface area contributed by atoms with Crippen molar-refractivity contribution in [2.24, 2.45) is 21.8 Å². The number of benzene rings is 1. The molecule has 0 spiro atoms. The van der Waals surface area contributed by atoms with Gasteiger partial charge in [-0.25, -0.2) is 4.83 Å². The molecule has 0 aromatic heterocycles. The third kappa shape index (κ3) is 2.97. The predicted octanol–water partition coefficient (Wildman–Crippen LogP) is 1.07. The van der Waals surface area contributed by atoms with Crippen molar-refractivity contribution in [1.29, 1.82) is 0 Å². The van der Waals surface area contributed by atoms with Crippen LogP contribution in [0.3, 0.4) is 0 Å². The molecule has 7 nitrogen and oxygen atoms in total. The summed E-state index contributed by atoms with van der Waals surface area (Å²) in [6.07, 6.45) is 1.54. The molecule has 26 heavy (non-hydrogen) atoms. The van der Waals surface area contributed by atoms with Gasteiger partial charge in [0.1, 0.15) is 7.85 Å². The molecule has 0 aliphatic heterocycles. The van der Waals surface area contributed by atoms with E-state index in [2.05, 4.69) is 9.93 Å². The summed E-state index contributed by atoms with van der Waals surface area (Å²) in [6, 6.07) is 7.96. The van der Waals surface area contributed by atoms with Crippen molar-refractivity contribution < 1.29 is 21.4 Å². The first-order valence-corrected chi connectivity index (χ1v) is 11.6. The van der Waals surface area contributed by atoms with E-state index in [1.165, 1.54) is 12.1 Å². The van der Waals surface area contributed by atoms with Crippen LogP contribution in [-0.4, -0.2) is 40.7 Å². The van der Waals surface area contributed by atoms with Crippen molar-refractivity contribution in [3.8, 4) is 0 Å². The van der Waals surface area contributed by atoms with Gasteiger partial charge in [-0.05, 0) is 42.1 Å². The molecule has 2 aliphatic rings. The van der Waals surface area contributed by atoms with Crippen LogP contribution in [0.1, 0.15) is 26.7 Å². The maximum Gasteiger partial charge on any atom is 0.276 e. The normalized spacial score (nSPS) is 35.7. The standard InChI is InChI=1S/C16H23BN2O5S2/c1-15-9-8-12(16(15,2)10-25(20,21)22)13(17)14(15)18-19-26(23,24)11-6-4-3-5-7-11/h3-7,12-13,19H,8-10,17H2,1-2H3,(H,20,21,22)/b18-14-/t12?,13-,15?,16?/m0/s1. The third-order valence-electron chi connectivity index (χ3n) is 6.46. The summed E-state index contributed by atoms with van der Waals surface area (Å²) in [5.74, 6) is -0.399. The second-order valence-corrected chi connectivity index (χ2v) is 10.9. The van der Waals surface area contributed by atoms with Gasteiger partial charge in [0.25, 0.3) is 20.1 Å². The number of hydrogen-bond donors (Lipinski definition) is 2. The van der Waals surface area contributed by atoms with E-state index < -0.39 is 31.0 Å². The van der Waals surface area contributed by atoms with Gasteiger partial charge in [-0.1, -0.05) is 32.0 Å². The van der Waals surface area contributed by atoms with E-state index in [0.29, 0.717) is 12.1 Å². The molecule has 1 aromatic rings. The van der Waals surface area contributed by atoms with Crippen molar-refractivity contribution in [2.45, 2.75) is 37.4 Å². The molecule has 3 rings (SSSR count). The third-order valence-corrected chi connectivity index (χ3v) is 8.65. The minimum Gasteiger partial charge on any atom is -0.286 e. The van der Waals surface area contributed by atoms with Crippen molar-refractivity contribution in [1.82, 2.24) is 4.83 Å². The largest absolute Gasteiger partial charge is 0.286 e. The van der Waals surface area contributed by atoms with Gasteiger partial charge < -0.3 is 0 Å². The summed E-state index contributed by atoms with van der Waals surface area (Å²) < 4.78 is 57.5. The Morgan fingerprint density at radius 1 is 1.23 bits per heavy atom. The maximum absolute atomic E-state index is 12.4. The Morgan fingerprint density at radius 3 is 2.42 bits per heavy atom. The maximum atomic E-state index is 12.4. The number of hydrogen-bond acceptors (Lipinski definition) is 5. The highest BCUT2D eigenvalue weighted by atomic mass is 32.2. The summed E-state index contributed by atoms with van der Waals surface area (Å²) in [5.41, 5.74) is -0.622. The molecule has 2 N–H and O–H groups in total. The van der Waals surface area contributed by atoms with Crippen LogP contribution in [0.2, 0.25) is 5.82 Å². The molecule has 2 fully saturated rings.